The molecule has 0 radical (unpaired) electrons. The average Bonchev–Trinajstić information content (AvgIpc) is 2.70. The molecule has 1 aromatic carbocycles. The summed E-state index contributed by atoms with van der Waals surface area (Å²) in [5.74, 6) is 0.654. The van der Waals surface area contributed by atoms with Gasteiger partial charge in [0.1, 0.15) is 0 Å². The van der Waals surface area contributed by atoms with Crippen LogP contribution in [0.1, 0.15) is 37.5 Å². The van der Waals surface area contributed by atoms with Crippen molar-refractivity contribution >= 4 is 5.97 Å². The van der Waals surface area contributed by atoms with E-state index in [0.29, 0.717) is 36.7 Å². The number of fused-ring (bicyclic) bond motifs is 1. The fraction of sp³-hybridized carbons (Fsp3) is 0.533. The molecule has 1 unspecified atom stereocenters. The number of aliphatic hydroxyl groups excluding tert-OH is 1. The topological polar surface area (TPSA) is 65.0 Å². The Balaban J connectivity index is 2.39. The van der Waals surface area contributed by atoms with Crippen LogP contribution in [0.4, 0.5) is 0 Å². The van der Waals surface area contributed by atoms with Gasteiger partial charge < -0.3 is 19.3 Å². The summed E-state index contributed by atoms with van der Waals surface area (Å²) in [6.07, 6.45) is 0.161. The summed E-state index contributed by atoms with van der Waals surface area (Å²) in [5.41, 5.74) is 1.32. The number of rotatable bonds is 4. The molecule has 1 aromatic rings. The highest BCUT2D eigenvalue weighted by molar-refractivity contribution is 5.77. The van der Waals surface area contributed by atoms with Gasteiger partial charge in [-0.15, -0.1) is 0 Å². The van der Waals surface area contributed by atoms with Crippen molar-refractivity contribution in [1.82, 2.24) is 0 Å². The molecule has 1 aliphatic heterocycles. The number of esters is 1. The van der Waals surface area contributed by atoms with Gasteiger partial charge in [-0.05, 0) is 25.0 Å². The van der Waals surface area contributed by atoms with Crippen molar-refractivity contribution in [3.8, 4) is 11.5 Å². The second-order valence-electron chi connectivity index (χ2n) is 4.52. The minimum atomic E-state index is -1.29. The van der Waals surface area contributed by atoms with E-state index in [1.54, 1.807) is 19.1 Å². The minimum absolute atomic E-state index is 0.238. The van der Waals surface area contributed by atoms with Crippen LogP contribution in [-0.4, -0.2) is 30.9 Å². The van der Waals surface area contributed by atoms with E-state index in [9.17, 15) is 9.90 Å². The Morgan fingerprint density at radius 3 is 2.80 bits per heavy atom. The molecular formula is C15H20O5. The predicted molar refractivity (Wildman–Crippen MR) is 73.0 cm³/mol. The summed E-state index contributed by atoms with van der Waals surface area (Å²) in [7, 11) is 0. The largest absolute Gasteiger partial charge is 0.490 e. The molecule has 0 bridgehead atoms. The van der Waals surface area contributed by atoms with Crippen molar-refractivity contribution in [2.24, 2.45) is 0 Å². The van der Waals surface area contributed by atoms with E-state index in [1.807, 2.05) is 6.92 Å². The van der Waals surface area contributed by atoms with Crippen LogP contribution >= 0.6 is 0 Å². The molecule has 0 aromatic heterocycles. The summed E-state index contributed by atoms with van der Waals surface area (Å²) in [4.78, 5) is 11.7. The minimum Gasteiger partial charge on any atom is -0.490 e. The van der Waals surface area contributed by atoms with E-state index in [0.717, 1.165) is 12.0 Å². The second kappa shape index (κ2) is 6.61. The molecule has 1 N–H and O–H groups in total. The van der Waals surface area contributed by atoms with Crippen molar-refractivity contribution in [1.29, 1.82) is 0 Å². The second-order valence-corrected chi connectivity index (χ2v) is 4.52. The molecule has 1 aliphatic rings. The number of hydrogen-bond acceptors (Lipinski definition) is 5. The summed E-state index contributed by atoms with van der Waals surface area (Å²) < 4.78 is 16.2. The standard InChI is InChI=1S/C15H20O5/c1-3-10-11(13(16)15(17)18-4-2)6-7-12-14(10)20-9-5-8-19-12/h6-7,13,16H,3-5,8-9H2,1-2H3. The molecule has 0 aliphatic carbocycles. The maximum Gasteiger partial charge on any atom is 0.339 e. The Morgan fingerprint density at radius 2 is 2.10 bits per heavy atom. The third-order valence-corrected chi connectivity index (χ3v) is 3.21. The summed E-state index contributed by atoms with van der Waals surface area (Å²) in [5, 5.41) is 10.1. The number of aliphatic hydroxyl groups is 1. The first-order valence-electron chi connectivity index (χ1n) is 6.95. The Labute approximate surface area is 118 Å². The Hall–Kier alpha value is -1.75. The molecule has 5 nitrogen and oxygen atoms in total. The molecule has 20 heavy (non-hydrogen) atoms. The normalized spacial score (nSPS) is 15.3. The number of benzene rings is 1. The van der Waals surface area contributed by atoms with E-state index >= 15 is 0 Å². The fourth-order valence-electron chi connectivity index (χ4n) is 2.28. The molecular weight excluding hydrogens is 260 g/mol. The van der Waals surface area contributed by atoms with Crippen molar-refractivity contribution in [2.75, 3.05) is 19.8 Å². The molecule has 1 heterocycles. The van der Waals surface area contributed by atoms with E-state index < -0.39 is 12.1 Å². The van der Waals surface area contributed by atoms with Crippen molar-refractivity contribution < 1.29 is 24.1 Å². The lowest BCUT2D eigenvalue weighted by atomic mass is 9.98. The Kier molecular flexibility index (Phi) is 4.84. The summed E-state index contributed by atoms with van der Waals surface area (Å²) >= 11 is 0. The molecule has 0 saturated heterocycles. The molecule has 110 valence electrons. The SMILES string of the molecule is CCOC(=O)C(O)c1ccc2c(c1CC)OCCCO2. The van der Waals surface area contributed by atoms with E-state index in [2.05, 4.69) is 0 Å². The molecule has 0 fully saturated rings. The third-order valence-electron chi connectivity index (χ3n) is 3.21. The van der Waals surface area contributed by atoms with Crippen molar-refractivity contribution in [3.63, 3.8) is 0 Å². The number of ether oxygens (including phenoxy) is 3. The van der Waals surface area contributed by atoms with Crippen LogP contribution in [-0.2, 0) is 16.0 Å². The predicted octanol–water partition coefficient (Wildman–Crippen LogP) is 2.01. The van der Waals surface area contributed by atoms with Crippen LogP contribution in [0.15, 0.2) is 12.1 Å². The first-order chi connectivity index (χ1) is 9.69. The van der Waals surface area contributed by atoms with Crippen molar-refractivity contribution in [2.45, 2.75) is 32.8 Å². The summed E-state index contributed by atoms with van der Waals surface area (Å²) in [6.45, 7) is 5.07. The van der Waals surface area contributed by atoms with Gasteiger partial charge in [-0.2, -0.15) is 0 Å². The summed E-state index contributed by atoms with van der Waals surface area (Å²) in [6, 6.07) is 3.44. The fourth-order valence-corrected chi connectivity index (χ4v) is 2.28. The number of carbonyl (C=O) groups excluding carboxylic acids is 1. The smallest absolute Gasteiger partial charge is 0.339 e. The van der Waals surface area contributed by atoms with Crippen LogP contribution in [0.5, 0.6) is 11.5 Å². The van der Waals surface area contributed by atoms with Crippen molar-refractivity contribution in [3.05, 3.63) is 23.3 Å². The molecule has 0 spiro atoms. The van der Waals surface area contributed by atoms with E-state index in [-0.39, 0.29) is 6.61 Å². The van der Waals surface area contributed by atoms with Gasteiger partial charge in [0.05, 0.1) is 19.8 Å². The Bertz CT molecular complexity index is 483. The van der Waals surface area contributed by atoms with Crippen LogP contribution < -0.4 is 9.47 Å². The van der Waals surface area contributed by atoms with Gasteiger partial charge in [0.2, 0.25) is 0 Å². The maximum absolute atomic E-state index is 11.7. The average molecular weight is 280 g/mol. The Morgan fingerprint density at radius 1 is 1.35 bits per heavy atom. The van der Waals surface area contributed by atoms with Crippen LogP contribution in [0, 0.1) is 0 Å². The molecule has 1 atom stereocenters. The van der Waals surface area contributed by atoms with E-state index in [1.165, 1.54) is 0 Å². The van der Waals surface area contributed by atoms with Gasteiger partial charge in [-0.1, -0.05) is 13.0 Å². The first kappa shape index (κ1) is 14.7. The maximum atomic E-state index is 11.7. The molecule has 2 rings (SSSR count). The number of hydrogen-bond donors (Lipinski definition) is 1. The highest BCUT2D eigenvalue weighted by Crippen LogP contribution is 2.38. The highest BCUT2D eigenvalue weighted by Gasteiger charge is 2.25. The van der Waals surface area contributed by atoms with Crippen LogP contribution in [0.2, 0.25) is 0 Å². The zero-order chi connectivity index (χ0) is 14.5. The third kappa shape index (κ3) is 2.88. The van der Waals surface area contributed by atoms with Gasteiger partial charge in [-0.25, -0.2) is 4.79 Å². The van der Waals surface area contributed by atoms with Gasteiger partial charge in [0, 0.05) is 12.0 Å². The lowest BCUT2D eigenvalue weighted by molar-refractivity contribution is -0.153. The zero-order valence-corrected chi connectivity index (χ0v) is 11.8. The zero-order valence-electron chi connectivity index (χ0n) is 11.8. The monoisotopic (exact) mass is 280 g/mol. The molecule has 0 amide bonds. The first-order valence-corrected chi connectivity index (χ1v) is 6.95. The molecule has 5 heteroatoms. The van der Waals surface area contributed by atoms with Gasteiger partial charge in [-0.3, -0.25) is 0 Å². The highest BCUT2D eigenvalue weighted by atomic mass is 16.5. The molecule has 0 saturated carbocycles. The lowest BCUT2D eigenvalue weighted by Gasteiger charge is -2.18. The van der Waals surface area contributed by atoms with Gasteiger partial charge >= 0.3 is 5.97 Å². The van der Waals surface area contributed by atoms with Gasteiger partial charge in [0.15, 0.2) is 17.6 Å². The van der Waals surface area contributed by atoms with Gasteiger partial charge in [0.25, 0.3) is 0 Å². The number of carbonyl (C=O) groups is 1. The van der Waals surface area contributed by atoms with E-state index in [4.69, 9.17) is 14.2 Å². The van der Waals surface area contributed by atoms with Crippen LogP contribution in [0.25, 0.3) is 0 Å². The quantitative estimate of drug-likeness (QED) is 0.855. The van der Waals surface area contributed by atoms with Crippen LogP contribution in [0.3, 0.4) is 0 Å². The lowest BCUT2D eigenvalue weighted by Crippen LogP contribution is -2.17.